The molecular formula is C29H24N4O5S. The minimum absolute atomic E-state index is 0.192. The Bertz CT molecular complexity index is 1770. The summed E-state index contributed by atoms with van der Waals surface area (Å²) in [6.45, 7) is 2.23. The van der Waals surface area contributed by atoms with Gasteiger partial charge in [0.05, 0.1) is 18.7 Å². The molecule has 0 unspecified atom stereocenters. The lowest BCUT2D eigenvalue weighted by Gasteiger charge is -2.11. The number of carbonyl (C=O) groups is 1. The van der Waals surface area contributed by atoms with Crippen molar-refractivity contribution in [3.63, 3.8) is 0 Å². The van der Waals surface area contributed by atoms with Gasteiger partial charge in [-0.1, -0.05) is 42.5 Å². The summed E-state index contributed by atoms with van der Waals surface area (Å²) in [5, 5.41) is 8.50. The third-order valence-electron chi connectivity index (χ3n) is 5.95. The summed E-state index contributed by atoms with van der Waals surface area (Å²) in [6.07, 6.45) is 1.70. The molecule has 9 nitrogen and oxygen atoms in total. The van der Waals surface area contributed by atoms with Gasteiger partial charge in [-0.15, -0.1) is 5.10 Å². The first-order valence-electron chi connectivity index (χ1n) is 12.2. The summed E-state index contributed by atoms with van der Waals surface area (Å²) in [7, 11) is 1.57. The van der Waals surface area contributed by atoms with Gasteiger partial charge >= 0.3 is 0 Å². The van der Waals surface area contributed by atoms with Crippen LogP contribution in [0.1, 0.15) is 18.1 Å². The lowest BCUT2D eigenvalue weighted by atomic mass is 10.2. The second-order valence-electron chi connectivity index (χ2n) is 8.80. The molecule has 1 amide bonds. The molecule has 0 saturated heterocycles. The highest BCUT2D eigenvalue weighted by Gasteiger charge is 2.18. The van der Waals surface area contributed by atoms with Crippen LogP contribution in [0.5, 0.6) is 16.7 Å². The third kappa shape index (κ3) is 5.27. The van der Waals surface area contributed by atoms with Crippen molar-refractivity contribution >= 4 is 38.9 Å². The van der Waals surface area contributed by atoms with Crippen LogP contribution >= 0.6 is 11.3 Å². The number of methoxy groups -OCH3 is 1. The number of benzene rings is 3. The van der Waals surface area contributed by atoms with Crippen LogP contribution in [-0.2, 0) is 18.0 Å². The molecule has 0 bridgehead atoms. The van der Waals surface area contributed by atoms with Crippen LogP contribution in [0.4, 0.5) is 5.69 Å². The highest BCUT2D eigenvalue weighted by atomic mass is 32.1. The molecule has 0 fully saturated rings. The largest absolute Gasteiger partial charge is 0.489 e. The fraction of sp³-hybridized carbons (Fsp3) is 0.138. The summed E-state index contributed by atoms with van der Waals surface area (Å²) in [5.74, 6) is 1.69. The molecule has 0 aliphatic rings. The Kier molecular flexibility index (Phi) is 6.60. The van der Waals surface area contributed by atoms with E-state index in [4.69, 9.17) is 18.6 Å². The molecule has 196 valence electrons. The second kappa shape index (κ2) is 10.5. The molecule has 39 heavy (non-hydrogen) atoms. The lowest BCUT2D eigenvalue weighted by Crippen LogP contribution is -2.06. The third-order valence-corrected chi connectivity index (χ3v) is 6.84. The second-order valence-corrected chi connectivity index (χ2v) is 9.72. The summed E-state index contributed by atoms with van der Waals surface area (Å²) in [6, 6.07) is 23.2. The minimum atomic E-state index is -0.192. The maximum Gasteiger partial charge on any atom is 0.294 e. The van der Waals surface area contributed by atoms with Crippen molar-refractivity contribution in [1.29, 1.82) is 0 Å². The quantitative estimate of drug-likeness (QED) is 0.229. The van der Waals surface area contributed by atoms with Crippen LogP contribution in [0, 0.1) is 0 Å². The van der Waals surface area contributed by atoms with Crippen molar-refractivity contribution in [2.75, 3.05) is 12.4 Å². The SMILES string of the molecule is COc1nn2c(-c3cc4c(OCc5cccc(OCc6ccccc6)c5)cc(NC(C)=O)cc4o3)cnc2s1. The Labute approximate surface area is 227 Å². The number of anilines is 1. The Morgan fingerprint density at radius 1 is 1.00 bits per heavy atom. The van der Waals surface area contributed by atoms with Crippen LogP contribution in [0.2, 0.25) is 0 Å². The molecular weight excluding hydrogens is 516 g/mol. The van der Waals surface area contributed by atoms with Crippen LogP contribution < -0.4 is 19.5 Å². The highest BCUT2D eigenvalue weighted by molar-refractivity contribution is 7.18. The molecule has 3 aromatic heterocycles. The number of nitrogens with one attached hydrogen (secondary N) is 1. The van der Waals surface area contributed by atoms with Crippen molar-refractivity contribution in [3.05, 3.63) is 90.1 Å². The zero-order valence-electron chi connectivity index (χ0n) is 21.2. The zero-order valence-corrected chi connectivity index (χ0v) is 22.0. The smallest absolute Gasteiger partial charge is 0.294 e. The van der Waals surface area contributed by atoms with E-state index in [-0.39, 0.29) is 5.91 Å². The van der Waals surface area contributed by atoms with Crippen molar-refractivity contribution < 1.29 is 23.4 Å². The molecule has 0 radical (unpaired) electrons. The van der Waals surface area contributed by atoms with Crippen molar-refractivity contribution in [1.82, 2.24) is 14.6 Å². The number of fused-ring (bicyclic) bond motifs is 2. The molecule has 3 heterocycles. The fourth-order valence-corrected chi connectivity index (χ4v) is 4.87. The van der Waals surface area contributed by atoms with Crippen LogP contribution in [-0.4, -0.2) is 27.6 Å². The minimum Gasteiger partial charge on any atom is -0.489 e. The normalized spacial score (nSPS) is 11.1. The molecule has 0 saturated carbocycles. The highest BCUT2D eigenvalue weighted by Crippen LogP contribution is 2.37. The van der Waals surface area contributed by atoms with E-state index >= 15 is 0 Å². The molecule has 0 aliphatic heterocycles. The molecule has 0 aliphatic carbocycles. The zero-order chi connectivity index (χ0) is 26.8. The van der Waals surface area contributed by atoms with E-state index in [0.29, 0.717) is 51.8 Å². The number of hydrogen-bond donors (Lipinski definition) is 1. The van der Waals surface area contributed by atoms with E-state index in [9.17, 15) is 4.79 Å². The standard InChI is InChI=1S/C29H24N4O5S/c1-18(34)31-21-12-25(37-17-20-9-6-10-22(11-20)36-16-19-7-4-3-5-8-19)23-14-27(38-26(23)13-21)24-15-30-28-33(24)32-29(35-2)39-28/h3-15H,16-17H2,1-2H3,(H,31,34). The summed E-state index contributed by atoms with van der Waals surface area (Å²) >= 11 is 1.34. The predicted octanol–water partition coefficient (Wildman–Crippen LogP) is 6.33. The number of hydrogen-bond acceptors (Lipinski definition) is 8. The number of imidazole rings is 1. The van der Waals surface area contributed by atoms with E-state index in [1.54, 1.807) is 30.0 Å². The summed E-state index contributed by atoms with van der Waals surface area (Å²) in [5.41, 5.74) is 3.84. The van der Waals surface area contributed by atoms with Crippen molar-refractivity contribution in [2.45, 2.75) is 20.1 Å². The molecule has 3 aromatic carbocycles. The fourth-order valence-electron chi connectivity index (χ4n) is 4.18. The molecule has 6 rings (SSSR count). The topological polar surface area (TPSA) is 100 Å². The van der Waals surface area contributed by atoms with Crippen molar-refractivity contribution in [3.8, 4) is 28.1 Å². The predicted molar refractivity (Wildman–Crippen MR) is 148 cm³/mol. The number of furan rings is 1. The van der Waals surface area contributed by atoms with Gasteiger partial charge in [0.2, 0.25) is 10.9 Å². The number of carbonyl (C=O) groups excluding carboxylic acids is 1. The molecule has 6 aromatic rings. The van der Waals surface area contributed by atoms with Gasteiger partial charge in [-0.2, -0.15) is 4.52 Å². The number of rotatable bonds is 9. The molecule has 10 heteroatoms. The van der Waals surface area contributed by atoms with E-state index in [0.717, 1.165) is 22.3 Å². The number of nitrogens with zero attached hydrogens (tertiary/aromatic N) is 3. The first-order chi connectivity index (χ1) is 19.1. The van der Waals surface area contributed by atoms with Gasteiger partial charge in [-0.05, 0) is 40.7 Å². The Morgan fingerprint density at radius 3 is 2.64 bits per heavy atom. The first-order valence-corrected chi connectivity index (χ1v) is 13.0. The van der Waals surface area contributed by atoms with E-state index in [1.165, 1.54) is 18.3 Å². The lowest BCUT2D eigenvalue weighted by molar-refractivity contribution is -0.114. The number of ether oxygens (including phenoxy) is 3. The number of aromatic nitrogens is 3. The number of amides is 1. The maximum absolute atomic E-state index is 11.8. The van der Waals surface area contributed by atoms with Crippen LogP contribution in [0.25, 0.3) is 27.4 Å². The van der Waals surface area contributed by atoms with Gasteiger partial charge in [0.25, 0.3) is 5.19 Å². The molecule has 0 spiro atoms. The van der Waals surface area contributed by atoms with E-state index in [1.807, 2.05) is 60.7 Å². The average molecular weight is 541 g/mol. The van der Waals surface area contributed by atoms with Gasteiger partial charge in [-0.3, -0.25) is 4.79 Å². The monoisotopic (exact) mass is 540 g/mol. The van der Waals surface area contributed by atoms with Gasteiger partial charge in [0, 0.05) is 24.7 Å². The van der Waals surface area contributed by atoms with E-state index in [2.05, 4.69) is 15.4 Å². The first kappa shape index (κ1) is 24.5. The molecule has 0 atom stereocenters. The Balaban J connectivity index is 1.28. The van der Waals surface area contributed by atoms with E-state index < -0.39 is 0 Å². The summed E-state index contributed by atoms with van der Waals surface area (Å²) < 4.78 is 25.3. The average Bonchev–Trinajstić information content (AvgIpc) is 3.65. The Hall–Kier alpha value is -4.83. The Morgan fingerprint density at radius 2 is 1.82 bits per heavy atom. The van der Waals surface area contributed by atoms with Gasteiger partial charge < -0.3 is 23.9 Å². The van der Waals surface area contributed by atoms with Gasteiger partial charge in [-0.25, -0.2) is 4.98 Å². The van der Waals surface area contributed by atoms with Crippen molar-refractivity contribution in [2.24, 2.45) is 0 Å². The molecule has 1 N–H and O–H groups in total. The maximum atomic E-state index is 11.8. The summed E-state index contributed by atoms with van der Waals surface area (Å²) in [4.78, 5) is 16.9. The van der Waals surface area contributed by atoms with Gasteiger partial charge in [0.1, 0.15) is 36.0 Å². The van der Waals surface area contributed by atoms with Gasteiger partial charge in [0.15, 0.2) is 5.76 Å². The van der Waals surface area contributed by atoms with Crippen LogP contribution in [0.3, 0.4) is 0 Å². The van der Waals surface area contributed by atoms with Crippen LogP contribution in [0.15, 0.2) is 83.4 Å².